The number of aromatic amines is 2. The first-order chi connectivity index (χ1) is 11.1. The molecule has 2 heterocycles. The number of hydrogen-bond donors (Lipinski definition) is 2. The lowest BCUT2D eigenvalue weighted by Gasteiger charge is -1.98. The fourth-order valence-corrected chi connectivity index (χ4v) is 2.04. The van der Waals surface area contributed by atoms with Crippen molar-refractivity contribution in [2.24, 2.45) is 10.2 Å². The molecule has 3 aromatic rings. The van der Waals surface area contributed by atoms with Crippen molar-refractivity contribution in [2.75, 3.05) is 0 Å². The number of Topliss-reactive ketones (excluding diaryl/α,β-unsaturated/α-hetero) is 1. The predicted molar refractivity (Wildman–Crippen MR) is 85.3 cm³/mol. The van der Waals surface area contributed by atoms with Crippen LogP contribution in [0.2, 0.25) is 0 Å². The summed E-state index contributed by atoms with van der Waals surface area (Å²) in [5, 5.41) is 13.3. The molecule has 7 heteroatoms. The zero-order valence-corrected chi connectivity index (χ0v) is 12.3. The molecule has 2 N–H and O–H groups in total. The number of carbonyl (C=O) groups is 1. The minimum Gasteiger partial charge on any atom is -0.295 e. The number of azo groups is 1. The summed E-state index contributed by atoms with van der Waals surface area (Å²) in [5.41, 5.74) is 2.20. The molecule has 3 rings (SSSR count). The minimum atomic E-state index is -0.368. The number of hydrogen-bond acceptors (Lipinski definition) is 5. The summed E-state index contributed by atoms with van der Waals surface area (Å²) in [6, 6.07) is 10.3. The van der Waals surface area contributed by atoms with Crippen molar-refractivity contribution in [2.45, 2.75) is 6.92 Å². The number of benzene rings is 1. The van der Waals surface area contributed by atoms with Crippen molar-refractivity contribution in [1.29, 1.82) is 0 Å². The van der Waals surface area contributed by atoms with Crippen LogP contribution < -0.4 is 5.56 Å². The predicted octanol–water partition coefficient (Wildman–Crippen LogP) is 3.38. The van der Waals surface area contributed by atoms with Gasteiger partial charge in [0.15, 0.2) is 11.5 Å². The highest BCUT2D eigenvalue weighted by Gasteiger charge is 2.11. The maximum Gasteiger partial charge on any atom is 0.292 e. The number of rotatable bonds is 4. The Morgan fingerprint density at radius 1 is 1.09 bits per heavy atom. The summed E-state index contributed by atoms with van der Waals surface area (Å²) < 4.78 is 0. The van der Waals surface area contributed by atoms with Gasteiger partial charge in [0.05, 0.1) is 11.4 Å². The Morgan fingerprint density at radius 3 is 2.52 bits per heavy atom. The van der Waals surface area contributed by atoms with E-state index in [4.69, 9.17) is 0 Å². The van der Waals surface area contributed by atoms with Crippen LogP contribution in [0.5, 0.6) is 0 Å². The molecule has 23 heavy (non-hydrogen) atoms. The van der Waals surface area contributed by atoms with Gasteiger partial charge < -0.3 is 0 Å². The molecule has 0 saturated heterocycles. The lowest BCUT2D eigenvalue weighted by molar-refractivity contribution is 0.101. The van der Waals surface area contributed by atoms with Gasteiger partial charge in [-0.2, -0.15) is 5.11 Å². The Balaban J connectivity index is 1.93. The number of H-pyrrole nitrogens is 2. The molecule has 0 aliphatic heterocycles. The SMILES string of the molecule is CC(=O)c1ccc(N=Nc2c(-c3cccnc3)[nH][nH]c2=O)cc1. The smallest absolute Gasteiger partial charge is 0.292 e. The molecule has 0 atom stereocenters. The summed E-state index contributed by atoms with van der Waals surface area (Å²) in [6.07, 6.45) is 3.27. The van der Waals surface area contributed by atoms with Crippen LogP contribution in [0.4, 0.5) is 11.4 Å². The monoisotopic (exact) mass is 307 g/mol. The van der Waals surface area contributed by atoms with E-state index in [1.165, 1.54) is 6.92 Å². The fourth-order valence-electron chi connectivity index (χ4n) is 2.04. The third-order valence-corrected chi connectivity index (χ3v) is 3.24. The number of nitrogens with zero attached hydrogens (tertiary/aromatic N) is 3. The first-order valence-corrected chi connectivity index (χ1v) is 6.89. The zero-order valence-electron chi connectivity index (χ0n) is 12.3. The second-order valence-corrected chi connectivity index (χ2v) is 4.85. The first-order valence-electron chi connectivity index (χ1n) is 6.89. The molecule has 0 unspecified atom stereocenters. The molecular weight excluding hydrogens is 294 g/mol. The Bertz CT molecular complexity index is 908. The molecule has 0 amide bonds. The van der Waals surface area contributed by atoms with Crippen molar-refractivity contribution in [3.63, 3.8) is 0 Å². The Labute approximate surface area is 131 Å². The Morgan fingerprint density at radius 2 is 1.87 bits per heavy atom. The Kier molecular flexibility index (Phi) is 3.92. The summed E-state index contributed by atoms with van der Waals surface area (Å²) >= 11 is 0. The Hall–Kier alpha value is -3.35. The standard InChI is InChI=1S/C16H13N5O2/c1-10(22)11-4-6-13(7-5-11)18-20-15-14(19-21-16(15)23)12-3-2-8-17-9-12/h2-9H,1H3,(H2,19,21,23). The largest absolute Gasteiger partial charge is 0.295 e. The molecular formula is C16H13N5O2. The lowest BCUT2D eigenvalue weighted by atomic mass is 10.1. The van der Waals surface area contributed by atoms with Crippen LogP contribution in [0.3, 0.4) is 0 Å². The second-order valence-electron chi connectivity index (χ2n) is 4.85. The van der Waals surface area contributed by atoms with Gasteiger partial charge in [-0.3, -0.25) is 24.8 Å². The molecule has 0 fully saturated rings. The third-order valence-electron chi connectivity index (χ3n) is 3.24. The fraction of sp³-hybridized carbons (Fsp3) is 0.0625. The van der Waals surface area contributed by atoms with Gasteiger partial charge in [-0.25, -0.2) is 0 Å². The van der Waals surface area contributed by atoms with Gasteiger partial charge in [0, 0.05) is 23.5 Å². The van der Waals surface area contributed by atoms with Crippen molar-refractivity contribution in [3.05, 3.63) is 64.7 Å². The van der Waals surface area contributed by atoms with Gasteiger partial charge in [0.2, 0.25) is 0 Å². The number of ketones is 1. The highest BCUT2D eigenvalue weighted by Crippen LogP contribution is 2.25. The van der Waals surface area contributed by atoms with Gasteiger partial charge in [-0.15, -0.1) is 5.11 Å². The normalized spacial score (nSPS) is 11.0. The highest BCUT2D eigenvalue weighted by atomic mass is 16.1. The van der Waals surface area contributed by atoms with Crippen LogP contribution >= 0.6 is 0 Å². The highest BCUT2D eigenvalue weighted by molar-refractivity contribution is 5.94. The topological polar surface area (TPSA) is 103 Å². The van der Waals surface area contributed by atoms with Crippen molar-refractivity contribution in [3.8, 4) is 11.3 Å². The zero-order chi connectivity index (χ0) is 16.2. The molecule has 7 nitrogen and oxygen atoms in total. The molecule has 0 spiro atoms. The molecule has 0 aliphatic carbocycles. The summed E-state index contributed by atoms with van der Waals surface area (Å²) in [7, 11) is 0. The van der Waals surface area contributed by atoms with E-state index in [1.807, 2.05) is 6.07 Å². The quantitative estimate of drug-likeness (QED) is 0.570. The van der Waals surface area contributed by atoms with Gasteiger partial charge in [-0.1, -0.05) is 0 Å². The molecule has 114 valence electrons. The average molecular weight is 307 g/mol. The first kappa shape index (κ1) is 14.6. The summed E-state index contributed by atoms with van der Waals surface area (Å²) in [6.45, 7) is 1.50. The maximum atomic E-state index is 11.9. The van der Waals surface area contributed by atoms with Crippen molar-refractivity contribution < 1.29 is 4.79 Å². The van der Waals surface area contributed by atoms with Crippen LogP contribution in [0.15, 0.2) is 63.8 Å². The van der Waals surface area contributed by atoms with Gasteiger partial charge in [-0.05, 0) is 43.3 Å². The van der Waals surface area contributed by atoms with Crippen LogP contribution in [-0.2, 0) is 0 Å². The lowest BCUT2D eigenvalue weighted by Crippen LogP contribution is -1.96. The number of carbonyl (C=O) groups excluding carboxylic acids is 1. The molecule has 1 aromatic carbocycles. The van der Waals surface area contributed by atoms with Gasteiger partial charge in [0.1, 0.15) is 0 Å². The van der Waals surface area contributed by atoms with E-state index in [-0.39, 0.29) is 17.0 Å². The molecule has 0 radical (unpaired) electrons. The second kappa shape index (κ2) is 6.18. The van der Waals surface area contributed by atoms with E-state index in [0.717, 1.165) is 5.56 Å². The van der Waals surface area contributed by atoms with Crippen molar-refractivity contribution >= 4 is 17.2 Å². The molecule has 2 aromatic heterocycles. The average Bonchev–Trinajstić information content (AvgIpc) is 2.95. The molecule has 0 aliphatic rings. The molecule has 0 saturated carbocycles. The summed E-state index contributed by atoms with van der Waals surface area (Å²) in [5.74, 6) is -0.0190. The van der Waals surface area contributed by atoms with Crippen molar-refractivity contribution in [1.82, 2.24) is 15.2 Å². The third kappa shape index (κ3) is 3.13. The van der Waals surface area contributed by atoms with Crippen LogP contribution in [0.25, 0.3) is 11.3 Å². The molecule has 0 bridgehead atoms. The van der Waals surface area contributed by atoms with Crippen LogP contribution in [-0.4, -0.2) is 21.0 Å². The van der Waals surface area contributed by atoms with E-state index < -0.39 is 0 Å². The van der Waals surface area contributed by atoms with E-state index >= 15 is 0 Å². The van der Waals surface area contributed by atoms with E-state index in [9.17, 15) is 9.59 Å². The number of pyridine rings is 1. The maximum absolute atomic E-state index is 11.9. The van der Waals surface area contributed by atoms with Gasteiger partial charge in [0.25, 0.3) is 5.56 Å². The van der Waals surface area contributed by atoms with E-state index in [1.54, 1.807) is 42.7 Å². The number of aromatic nitrogens is 3. The summed E-state index contributed by atoms with van der Waals surface area (Å²) in [4.78, 5) is 27.1. The van der Waals surface area contributed by atoms with Gasteiger partial charge >= 0.3 is 0 Å². The van der Waals surface area contributed by atoms with Crippen LogP contribution in [0, 0.1) is 0 Å². The van der Waals surface area contributed by atoms with E-state index in [0.29, 0.717) is 16.9 Å². The number of nitrogens with one attached hydrogen (secondary N) is 2. The van der Waals surface area contributed by atoms with E-state index in [2.05, 4.69) is 25.4 Å². The van der Waals surface area contributed by atoms with Crippen LogP contribution in [0.1, 0.15) is 17.3 Å². The minimum absolute atomic E-state index is 0.0190.